The summed E-state index contributed by atoms with van der Waals surface area (Å²) < 4.78 is 0.805. The molecule has 0 spiro atoms. The van der Waals surface area contributed by atoms with Crippen molar-refractivity contribution >= 4 is 27.5 Å². The number of aromatic nitrogens is 1. The van der Waals surface area contributed by atoms with E-state index in [9.17, 15) is 4.79 Å². The lowest BCUT2D eigenvalue weighted by Gasteiger charge is -2.18. The van der Waals surface area contributed by atoms with E-state index in [1.165, 1.54) is 5.56 Å². The number of nitrogens with two attached hydrogens (primary N) is 1. The molecule has 1 aromatic carbocycles. The van der Waals surface area contributed by atoms with Crippen LogP contribution in [0.4, 0.5) is 5.69 Å². The number of hydrogen-bond donors (Lipinski definition) is 1. The number of carbonyl (C=O) groups is 1. The van der Waals surface area contributed by atoms with E-state index in [1.807, 2.05) is 23.1 Å². The summed E-state index contributed by atoms with van der Waals surface area (Å²) in [6.07, 6.45) is 4.16. The number of carbonyl (C=O) groups excluding carboxylic acids is 1. The van der Waals surface area contributed by atoms with Crippen molar-refractivity contribution in [1.29, 1.82) is 0 Å². The summed E-state index contributed by atoms with van der Waals surface area (Å²) >= 11 is 3.36. The van der Waals surface area contributed by atoms with E-state index in [2.05, 4.69) is 27.0 Å². The summed E-state index contributed by atoms with van der Waals surface area (Å²) in [5.74, 6) is 0.297. The third-order valence-corrected chi connectivity index (χ3v) is 4.22. The highest BCUT2D eigenvalue weighted by Crippen LogP contribution is 2.38. The number of hydrogen-bond acceptors (Lipinski definition) is 3. The number of anilines is 1. The first kappa shape index (κ1) is 14.2. The number of nitrogens with zero attached hydrogens (tertiary/aromatic N) is 2. The molecule has 1 aromatic heterocycles. The molecule has 2 N–H and O–H groups in total. The van der Waals surface area contributed by atoms with Crippen LogP contribution in [0.1, 0.15) is 28.3 Å². The minimum absolute atomic E-state index is 0.0178. The lowest BCUT2D eigenvalue weighted by atomic mass is 9.98. The lowest BCUT2D eigenvalue weighted by Crippen LogP contribution is -2.30. The zero-order valence-corrected chi connectivity index (χ0v) is 13.1. The molecule has 2 aromatic rings. The van der Waals surface area contributed by atoms with E-state index in [0.717, 1.165) is 16.6 Å². The average Bonchev–Trinajstić information content (AvgIpc) is 2.86. The molecule has 2 heterocycles. The maximum Gasteiger partial charge on any atom is 0.259 e. The van der Waals surface area contributed by atoms with Gasteiger partial charge >= 0.3 is 0 Å². The van der Waals surface area contributed by atoms with Crippen LogP contribution in [0, 0.1) is 0 Å². The van der Waals surface area contributed by atoms with Crippen LogP contribution < -0.4 is 10.6 Å². The second-order valence-corrected chi connectivity index (χ2v) is 6.06. The first-order chi connectivity index (χ1) is 10.2. The van der Waals surface area contributed by atoms with Gasteiger partial charge in [-0.15, -0.1) is 0 Å². The van der Waals surface area contributed by atoms with Crippen LogP contribution in [0.2, 0.25) is 0 Å². The topological polar surface area (TPSA) is 59.2 Å². The Morgan fingerprint density at radius 3 is 2.95 bits per heavy atom. The molecule has 0 fully saturated rings. The van der Waals surface area contributed by atoms with Crippen molar-refractivity contribution in [1.82, 2.24) is 4.98 Å². The van der Waals surface area contributed by atoms with Crippen LogP contribution in [0.3, 0.4) is 0 Å². The molecule has 1 atom stereocenters. The van der Waals surface area contributed by atoms with Gasteiger partial charge in [0.05, 0.1) is 5.56 Å². The number of pyridine rings is 1. The number of benzene rings is 1. The first-order valence-corrected chi connectivity index (χ1v) is 7.71. The van der Waals surface area contributed by atoms with E-state index >= 15 is 0 Å². The van der Waals surface area contributed by atoms with Gasteiger partial charge in [-0.25, -0.2) is 0 Å². The quantitative estimate of drug-likeness (QED) is 0.930. The fourth-order valence-electron chi connectivity index (χ4n) is 2.82. The normalized spacial score (nSPS) is 16.9. The van der Waals surface area contributed by atoms with Crippen LogP contribution in [-0.4, -0.2) is 24.0 Å². The SMILES string of the molecule is NCCC1CN(C(=O)c2cncc(Br)c2)c2ccccc21. The summed E-state index contributed by atoms with van der Waals surface area (Å²) in [5, 5.41) is 0. The van der Waals surface area contributed by atoms with Crippen LogP contribution in [0.15, 0.2) is 47.2 Å². The van der Waals surface area contributed by atoms with Gasteiger partial charge in [0.25, 0.3) is 5.91 Å². The molecule has 0 radical (unpaired) electrons. The molecule has 5 heteroatoms. The Bertz CT molecular complexity index is 674. The Morgan fingerprint density at radius 2 is 2.19 bits per heavy atom. The Labute approximate surface area is 132 Å². The van der Waals surface area contributed by atoms with E-state index in [0.29, 0.717) is 24.6 Å². The third kappa shape index (κ3) is 2.71. The molecule has 1 aliphatic rings. The van der Waals surface area contributed by atoms with E-state index in [4.69, 9.17) is 5.73 Å². The minimum atomic E-state index is -0.0178. The molecule has 4 nitrogen and oxygen atoms in total. The molecule has 3 rings (SSSR count). The molecule has 108 valence electrons. The molecule has 21 heavy (non-hydrogen) atoms. The maximum absolute atomic E-state index is 12.7. The van der Waals surface area contributed by atoms with Crippen molar-refractivity contribution < 1.29 is 4.79 Å². The number of fused-ring (bicyclic) bond motifs is 1. The highest BCUT2D eigenvalue weighted by Gasteiger charge is 2.32. The molecule has 1 unspecified atom stereocenters. The maximum atomic E-state index is 12.7. The van der Waals surface area contributed by atoms with Gasteiger partial charge in [0.15, 0.2) is 0 Å². The van der Waals surface area contributed by atoms with Crippen LogP contribution in [-0.2, 0) is 0 Å². The van der Waals surface area contributed by atoms with Crippen LogP contribution >= 0.6 is 15.9 Å². The monoisotopic (exact) mass is 345 g/mol. The molecule has 1 aliphatic heterocycles. The summed E-state index contributed by atoms with van der Waals surface area (Å²) in [6, 6.07) is 9.85. The number of rotatable bonds is 3. The van der Waals surface area contributed by atoms with Gasteiger partial charge in [-0.1, -0.05) is 18.2 Å². The number of amides is 1. The fraction of sp³-hybridized carbons (Fsp3) is 0.250. The van der Waals surface area contributed by atoms with Crippen LogP contribution in [0.25, 0.3) is 0 Å². The predicted molar refractivity (Wildman–Crippen MR) is 86.5 cm³/mol. The van der Waals surface area contributed by atoms with Crippen molar-refractivity contribution in [2.45, 2.75) is 12.3 Å². The molecular formula is C16H16BrN3O. The Hall–Kier alpha value is -1.72. The molecule has 0 bridgehead atoms. The molecule has 0 saturated heterocycles. The Morgan fingerprint density at radius 1 is 1.38 bits per heavy atom. The number of para-hydroxylation sites is 1. The molecule has 0 aliphatic carbocycles. The van der Waals surface area contributed by atoms with Gasteiger partial charge in [0.1, 0.15) is 0 Å². The zero-order chi connectivity index (χ0) is 14.8. The highest BCUT2D eigenvalue weighted by atomic mass is 79.9. The Balaban J connectivity index is 1.95. The first-order valence-electron chi connectivity index (χ1n) is 6.92. The molecule has 0 saturated carbocycles. The number of halogens is 1. The summed E-state index contributed by atoms with van der Waals surface area (Å²) in [7, 11) is 0. The van der Waals surface area contributed by atoms with E-state index in [-0.39, 0.29) is 5.91 Å². The zero-order valence-electron chi connectivity index (χ0n) is 11.5. The fourth-order valence-corrected chi connectivity index (χ4v) is 3.19. The summed E-state index contributed by atoms with van der Waals surface area (Å²) in [4.78, 5) is 18.7. The largest absolute Gasteiger partial charge is 0.330 e. The third-order valence-electron chi connectivity index (χ3n) is 3.78. The standard InChI is InChI=1S/C16H16BrN3O/c17-13-7-12(8-19-9-13)16(21)20-10-11(5-6-18)14-3-1-2-4-15(14)20/h1-4,7-9,11H,5-6,10,18H2. The predicted octanol–water partition coefficient (Wildman–Crippen LogP) is 2.94. The molecular weight excluding hydrogens is 330 g/mol. The van der Waals surface area contributed by atoms with E-state index < -0.39 is 0 Å². The van der Waals surface area contributed by atoms with Gasteiger partial charge in [-0.2, -0.15) is 0 Å². The minimum Gasteiger partial charge on any atom is -0.330 e. The molecule has 1 amide bonds. The van der Waals surface area contributed by atoms with Crippen molar-refractivity contribution in [3.8, 4) is 0 Å². The van der Waals surface area contributed by atoms with Crippen molar-refractivity contribution in [2.75, 3.05) is 18.0 Å². The van der Waals surface area contributed by atoms with E-state index in [1.54, 1.807) is 18.5 Å². The lowest BCUT2D eigenvalue weighted by molar-refractivity contribution is 0.0987. The van der Waals surface area contributed by atoms with Gasteiger partial charge in [-0.05, 0) is 46.6 Å². The van der Waals surface area contributed by atoms with Gasteiger partial charge in [0, 0.05) is 35.0 Å². The smallest absolute Gasteiger partial charge is 0.259 e. The second kappa shape index (κ2) is 5.95. The van der Waals surface area contributed by atoms with Crippen molar-refractivity contribution in [2.24, 2.45) is 5.73 Å². The van der Waals surface area contributed by atoms with Crippen LogP contribution in [0.5, 0.6) is 0 Å². The van der Waals surface area contributed by atoms with Gasteiger partial charge < -0.3 is 10.6 Å². The average molecular weight is 346 g/mol. The van der Waals surface area contributed by atoms with Gasteiger partial charge in [-0.3, -0.25) is 9.78 Å². The Kier molecular flexibility index (Phi) is 4.03. The highest BCUT2D eigenvalue weighted by molar-refractivity contribution is 9.10. The summed E-state index contributed by atoms with van der Waals surface area (Å²) in [6.45, 7) is 1.31. The van der Waals surface area contributed by atoms with Gasteiger partial charge in [0.2, 0.25) is 0 Å². The van der Waals surface area contributed by atoms with Crippen molar-refractivity contribution in [3.63, 3.8) is 0 Å². The summed E-state index contributed by atoms with van der Waals surface area (Å²) in [5.41, 5.74) is 8.48. The van der Waals surface area contributed by atoms with Crippen molar-refractivity contribution in [3.05, 3.63) is 58.3 Å². The second-order valence-electron chi connectivity index (χ2n) is 5.14.